The molecule has 2 rings (SSSR count). The van der Waals surface area contributed by atoms with Gasteiger partial charge in [-0.25, -0.2) is 4.79 Å². The fourth-order valence-electron chi connectivity index (χ4n) is 1.82. The largest absolute Gasteiger partial charge is 0.351 e. The first-order valence-electron chi connectivity index (χ1n) is 5.26. The third-order valence-electron chi connectivity index (χ3n) is 2.58. The fourth-order valence-corrected chi connectivity index (χ4v) is 2.32. The fraction of sp³-hybridized carbons (Fsp3) is 0.0909. The van der Waals surface area contributed by atoms with Crippen molar-refractivity contribution >= 4 is 52.5 Å². The van der Waals surface area contributed by atoms with Gasteiger partial charge in [0.2, 0.25) is 5.91 Å². The maximum atomic E-state index is 11.9. The van der Waals surface area contributed by atoms with E-state index in [2.05, 4.69) is 0 Å². The molecule has 20 heavy (non-hydrogen) atoms. The molecule has 0 spiro atoms. The average Bonchev–Trinajstić information content (AvgIpc) is 2.59. The maximum absolute atomic E-state index is 11.9. The van der Waals surface area contributed by atoms with Crippen molar-refractivity contribution in [3.05, 3.63) is 27.7 Å². The Kier molecular flexibility index (Phi) is 3.65. The van der Waals surface area contributed by atoms with E-state index in [9.17, 15) is 19.2 Å². The summed E-state index contributed by atoms with van der Waals surface area (Å²) < 4.78 is 0. The van der Waals surface area contributed by atoms with Crippen LogP contribution in [0.1, 0.15) is 10.4 Å². The summed E-state index contributed by atoms with van der Waals surface area (Å²) in [4.78, 5) is 46.6. The first-order chi connectivity index (χ1) is 9.32. The molecule has 0 atom stereocenters. The lowest BCUT2D eigenvalue weighted by Gasteiger charge is -2.16. The van der Waals surface area contributed by atoms with Crippen molar-refractivity contribution in [3.63, 3.8) is 0 Å². The number of ketones is 1. The molecule has 104 valence electrons. The van der Waals surface area contributed by atoms with E-state index >= 15 is 0 Å². The number of nitrogens with zero attached hydrogens (tertiary/aromatic N) is 1. The van der Waals surface area contributed by atoms with E-state index in [0.717, 1.165) is 4.90 Å². The van der Waals surface area contributed by atoms with Gasteiger partial charge in [-0.15, -0.1) is 0 Å². The first kappa shape index (κ1) is 14.3. The topological polar surface area (TPSA) is 110 Å². The Morgan fingerprint density at radius 3 is 2.40 bits per heavy atom. The number of hydrogen-bond donors (Lipinski definition) is 2. The molecular formula is C11H7Cl2N3O4. The van der Waals surface area contributed by atoms with Crippen molar-refractivity contribution < 1.29 is 19.2 Å². The van der Waals surface area contributed by atoms with Crippen LogP contribution in [0.4, 0.5) is 10.5 Å². The summed E-state index contributed by atoms with van der Waals surface area (Å²) in [6.45, 7) is -0.569. The summed E-state index contributed by atoms with van der Waals surface area (Å²) in [7, 11) is 0. The minimum Gasteiger partial charge on any atom is -0.351 e. The summed E-state index contributed by atoms with van der Waals surface area (Å²) in [5.74, 6) is -2.66. The highest BCUT2D eigenvalue weighted by Gasteiger charge is 2.40. The summed E-state index contributed by atoms with van der Waals surface area (Å²) in [5.41, 5.74) is 4.78. The molecule has 1 aliphatic rings. The molecule has 0 aromatic heterocycles. The van der Waals surface area contributed by atoms with E-state index in [4.69, 9.17) is 28.9 Å². The number of halogens is 2. The molecule has 3 N–H and O–H groups in total. The summed E-state index contributed by atoms with van der Waals surface area (Å²) in [6.07, 6.45) is 0. The second-order valence-electron chi connectivity index (χ2n) is 3.89. The molecule has 0 bridgehead atoms. The monoisotopic (exact) mass is 315 g/mol. The number of anilines is 1. The molecule has 0 saturated carbocycles. The molecule has 0 unspecified atom stereocenters. The Labute approximate surface area is 122 Å². The van der Waals surface area contributed by atoms with Crippen LogP contribution < -0.4 is 16.0 Å². The number of nitrogens with two attached hydrogens (primary N) is 1. The third kappa shape index (κ3) is 2.33. The van der Waals surface area contributed by atoms with E-state index in [1.165, 1.54) is 12.1 Å². The summed E-state index contributed by atoms with van der Waals surface area (Å²) >= 11 is 11.8. The second kappa shape index (κ2) is 5.10. The predicted molar refractivity (Wildman–Crippen MR) is 70.9 cm³/mol. The van der Waals surface area contributed by atoms with Gasteiger partial charge in [0.25, 0.3) is 11.7 Å². The lowest BCUT2D eigenvalue weighted by Crippen LogP contribution is -2.44. The normalized spacial score (nSPS) is 13.4. The maximum Gasteiger partial charge on any atom is 0.318 e. The van der Waals surface area contributed by atoms with Gasteiger partial charge in [-0.2, -0.15) is 0 Å². The minimum absolute atomic E-state index is 0.0498. The SMILES string of the molecule is NC(=O)NC(=O)CN1C(=O)C(=O)c2c(Cl)ccc(Cl)c21. The van der Waals surface area contributed by atoms with Gasteiger partial charge in [0.05, 0.1) is 21.3 Å². The Balaban J connectivity index is 2.41. The summed E-state index contributed by atoms with van der Waals surface area (Å²) in [5, 5.41) is 1.94. The number of rotatable bonds is 2. The van der Waals surface area contributed by atoms with E-state index < -0.39 is 30.2 Å². The molecule has 0 saturated heterocycles. The molecule has 0 radical (unpaired) electrons. The number of urea groups is 1. The van der Waals surface area contributed by atoms with Crippen LogP contribution in [0.15, 0.2) is 12.1 Å². The zero-order chi connectivity index (χ0) is 15.0. The van der Waals surface area contributed by atoms with Crippen LogP contribution in [0, 0.1) is 0 Å². The van der Waals surface area contributed by atoms with Gasteiger partial charge in [-0.1, -0.05) is 23.2 Å². The average molecular weight is 316 g/mol. The lowest BCUT2D eigenvalue weighted by molar-refractivity contribution is -0.121. The Morgan fingerprint density at radius 1 is 1.20 bits per heavy atom. The van der Waals surface area contributed by atoms with Crippen LogP contribution >= 0.6 is 23.2 Å². The second-order valence-corrected chi connectivity index (χ2v) is 4.70. The molecule has 4 amide bonds. The van der Waals surface area contributed by atoms with Gasteiger partial charge in [0, 0.05) is 0 Å². The predicted octanol–water partition coefficient (Wildman–Crippen LogP) is 0.718. The van der Waals surface area contributed by atoms with Crippen LogP contribution in [-0.2, 0) is 9.59 Å². The molecule has 1 aliphatic heterocycles. The highest BCUT2D eigenvalue weighted by Crippen LogP contribution is 2.39. The van der Waals surface area contributed by atoms with Crippen LogP contribution in [0.3, 0.4) is 0 Å². The number of carbonyl (C=O) groups excluding carboxylic acids is 4. The minimum atomic E-state index is -1.06. The van der Waals surface area contributed by atoms with Crippen LogP contribution in [0.25, 0.3) is 0 Å². The molecule has 9 heteroatoms. The number of Topliss-reactive ketones (excluding diaryl/α,β-unsaturated/α-hetero) is 1. The van der Waals surface area contributed by atoms with E-state index in [-0.39, 0.29) is 21.3 Å². The lowest BCUT2D eigenvalue weighted by atomic mass is 10.1. The van der Waals surface area contributed by atoms with Crippen LogP contribution in [0.2, 0.25) is 10.0 Å². The van der Waals surface area contributed by atoms with Gasteiger partial charge in [-0.3, -0.25) is 24.6 Å². The molecule has 1 aromatic carbocycles. The first-order valence-corrected chi connectivity index (χ1v) is 6.02. The highest BCUT2D eigenvalue weighted by molar-refractivity contribution is 6.57. The molecule has 7 nitrogen and oxygen atoms in total. The van der Waals surface area contributed by atoms with E-state index in [1.807, 2.05) is 0 Å². The molecule has 1 heterocycles. The van der Waals surface area contributed by atoms with Crippen molar-refractivity contribution in [1.29, 1.82) is 0 Å². The standard InChI is InChI=1S/C11H7Cl2N3O4/c12-4-1-2-5(13)8-7(4)9(18)10(19)16(8)3-6(17)15-11(14)20/h1-2H,3H2,(H3,14,15,17,20). The quantitative estimate of drug-likeness (QED) is 0.783. The Morgan fingerprint density at radius 2 is 1.80 bits per heavy atom. The molecular weight excluding hydrogens is 309 g/mol. The van der Waals surface area contributed by atoms with Crippen molar-refractivity contribution in [2.24, 2.45) is 5.73 Å². The number of fused-ring (bicyclic) bond motifs is 1. The van der Waals surface area contributed by atoms with E-state index in [0.29, 0.717) is 0 Å². The number of imide groups is 1. The number of carbonyl (C=O) groups is 4. The van der Waals surface area contributed by atoms with Crippen LogP contribution in [0.5, 0.6) is 0 Å². The van der Waals surface area contributed by atoms with Gasteiger partial charge in [0.15, 0.2) is 0 Å². The number of nitrogens with one attached hydrogen (secondary N) is 1. The van der Waals surface area contributed by atoms with Gasteiger partial charge >= 0.3 is 6.03 Å². The van der Waals surface area contributed by atoms with Crippen molar-refractivity contribution in [3.8, 4) is 0 Å². The Bertz CT molecular complexity index is 659. The number of primary amides is 1. The van der Waals surface area contributed by atoms with Gasteiger partial charge < -0.3 is 5.73 Å². The van der Waals surface area contributed by atoms with Gasteiger partial charge in [0.1, 0.15) is 6.54 Å². The number of benzene rings is 1. The van der Waals surface area contributed by atoms with Crippen molar-refractivity contribution in [2.75, 3.05) is 11.4 Å². The Hall–Kier alpha value is -2.12. The number of hydrogen-bond acceptors (Lipinski definition) is 4. The zero-order valence-electron chi connectivity index (χ0n) is 9.78. The van der Waals surface area contributed by atoms with Crippen molar-refractivity contribution in [2.45, 2.75) is 0 Å². The van der Waals surface area contributed by atoms with Crippen LogP contribution in [-0.4, -0.2) is 30.2 Å². The smallest absolute Gasteiger partial charge is 0.318 e. The van der Waals surface area contributed by atoms with Crippen molar-refractivity contribution in [1.82, 2.24) is 5.32 Å². The molecule has 1 aromatic rings. The third-order valence-corrected chi connectivity index (χ3v) is 3.20. The number of amides is 4. The molecule has 0 fully saturated rings. The van der Waals surface area contributed by atoms with Gasteiger partial charge in [-0.05, 0) is 12.1 Å². The van der Waals surface area contributed by atoms with E-state index in [1.54, 1.807) is 5.32 Å². The molecule has 0 aliphatic carbocycles. The summed E-state index contributed by atoms with van der Waals surface area (Å²) in [6, 6.07) is 1.71. The highest BCUT2D eigenvalue weighted by atomic mass is 35.5. The zero-order valence-corrected chi connectivity index (χ0v) is 11.3.